The van der Waals surface area contributed by atoms with Gasteiger partial charge in [0.2, 0.25) is 0 Å². The van der Waals surface area contributed by atoms with Gasteiger partial charge in [0.05, 0.1) is 0 Å². The molecule has 3 heterocycles. The Kier molecular flexibility index (Phi) is 5.07. The van der Waals surface area contributed by atoms with Crippen molar-refractivity contribution >= 4 is 11.3 Å². The van der Waals surface area contributed by atoms with Gasteiger partial charge >= 0.3 is 0 Å². The minimum absolute atomic E-state index is 0.458. The summed E-state index contributed by atoms with van der Waals surface area (Å²) in [6, 6.07) is 20.6. The maximum Gasteiger partial charge on any atom is 0.151 e. The van der Waals surface area contributed by atoms with Crippen molar-refractivity contribution in [3.8, 4) is 16.9 Å². The summed E-state index contributed by atoms with van der Waals surface area (Å²) in [5.41, 5.74) is 11.6. The Morgan fingerprint density at radius 3 is 2.70 bits per heavy atom. The molecule has 1 aliphatic heterocycles. The van der Waals surface area contributed by atoms with Crippen molar-refractivity contribution < 1.29 is 4.74 Å². The molecule has 0 spiro atoms. The van der Waals surface area contributed by atoms with Crippen LogP contribution in [0, 0.1) is 0 Å². The van der Waals surface area contributed by atoms with Crippen molar-refractivity contribution in [3.63, 3.8) is 0 Å². The molecular weight excluding hydrogens is 374 g/mol. The van der Waals surface area contributed by atoms with Crippen LogP contribution in [0.15, 0.2) is 67.0 Å². The summed E-state index contributed by atoms with van der Waals surface area (Å²) in [7, 11) is 0. The average molecular weight is 399 g/mol. The Balaban J connectivity index is 1.51. The van der Waals surface area contributed by atoms with E-state index in [-0.39, 0.29) is 0 Å². The molecule has 6 heteroatoms. The molecule has 5 rings (SSSR count). The Hall–Kier alpha value is -3.38. The highest BCUT2D eigenvalue weighted by Gasteiger charge is 2.23. The highest BCUT2D eigenvalue weighted by atomic mass is 16.5. The largest absolute Gasteiger partial charge is 0.489 e. The second-order valence-electron chi connectivity index (χ2n) is 7.71. The van der Waals surface area contributed by atoms with Crippen LogP contribution in [0.5, 0.6) is 5.75 Å². The van der Waals surface area contributed by atoms with Crippen LogP contribution in [0.25, 0.3) is 16.6 Å². The van der Waals surface area contributed by atoms with E-state index in [1.165, 1.54) is 12.0 Å². The summed E-state index contributed by atoms with van der Waals surface area (Å²) in [5, 5.41) is 7.97. The predicted octanol–water partition coefficient (Wildman–Crippen LogP) is 4.02. The lowest BCUT2D eigenvalue weighted by Crippen LogP contribution is -2.27. The molecule has 2 aromatic heterocycles. The van der Waals surface area contributed by atoms with E-state index in [1.54, 1.807) is 0 Å². The van der Waals surface area contributed by atoms with Gasteiger partial charge in [-0.25, -0.2) is 9.50 Å². The summed E-state index contributed by atoms with van der Waals surface area (Å²) in [6.07, 6.45) is 3.72. The van der Waals surface area contributed by atoms with E-state index in [9.17, 15) is 0 Å². The lowest BCUT2D eigenvalue weighted by molar-refractivity contribution is 0.306. The van der Waals surface area contributed by atoms with Gasteiger partial charge in [0.15, 0.2) is 5.82 Å². The zero-order valence-corrected chi connectivity index (χ0v) is 16.8. The van der Waals surface area contributed by atoms with E-state index in [4.69, 9.17) is 10.5 Å². The molecule has 1 fully saturated rings. The molecule has 0 amide bonds. The van der Waals surface area contributed by atoms with Gasteiger partial charge in [-0.2, -0.15) is 5.10 Å². The van der Waals surface area contributed by atoms with Crippen LogP contribution < -0.4 is 15.8 Å². The smallest absolute Gasteiger partial charge is 0.151 e. The van der Waals surface area contributed by atoms with Crippen molar-refractivity contribution in [2.45, 2.75) is 25.4 Å². The van der Waals surface area contributed by atoms with Crippen molar-refractivity contribution in [1.29, 1.82) is 0 Å². The first-order valence-electron chi connectivity index (χ1n) is 10.4. The van der Waals surface area contributed by atoms with E-state index in [2.05, 4.69) is 45.7 Å². The highest BCUT2D eigenvalue weighted by Crippen LogP contribution is 2.36. The van der Waals surface area contributed by atoms with E-state index in [0.29, 0.717) is 18.3 Å². The Bertz CT molecular complexity index is 1150. The van der Waals surface area contributed by atoms with Crippen LogP contribution in [-0.4, -0.2) is 27.7 Å². The number of rotatable bonds is 5. The fourth-order valence-electron chi connectivity index (χ4n) is 4.22. The third-order valence-corrected chi connectivity index (χ3v) is 5.76. The second kappa shape index (κ2) is 8.16. The maximum atomic E-state index is 6.29. The summed E-state index contributed by atoms with van der Waals surface area (Å²) >= 11 is 0. The number of hydrogen-bond acceptors (Lipinski definition) is 5. The van der Waals surface area contributed by atoms with Crippen molar-refractivity contribution in [2.24, 2.45) is 0 Å². The fourth-order valence-corrected chi connectivity index (χ4v) is 4.22. The molecule has 152 valence electrons. The third-order valence-electron chi connectivity index (χ3n) is 5.76. The van der Waals surface area contributed by atoms with Gasteiger partial charge in [-0.15, -0.1) is 0 Å². The summed E-state index contributed by atoms with van der Waals surface area (Å²) in [5.74, 6) is 1.78. The minimum Gasteiger partial charge on any atom is -0.489 e. The monoisotopic (exact) mass is 399 g/mol. The van der Waals surface area contributed by atoms with E-state index in [1.807, 2.05) is 34.8 Å². The number of nitrogens with two attached hydrogens (primary N) is 1. The van der Waals surface area contributed by atoms with Gasteiger partial charge < -0.3 is 15.8 Å². The highest BCUT2D eigenvalue weighted by molar-refractivity contribution is 5.88. The van der Waals surface area contributed by atoms with Crippen molar-refractivity contribution in [3.05, 3.63) is 78.2 Å². The van der Waals surface area contributed by atoms with Gasteiger partial charge in [-0.3, -0.25) is 0 Å². The molecule has 0 unspecified atom stereocenters. The SMILES string of the molecule is Nc1ncnn2c(C3CCNCC3)cc(-c3cccc(OCc4ccccc4)c3)c12. The van der Waals surface area contributed by atoms with E-state index < -0.39 is 0 Å². The Labute approximate surface area is 175 Å². The van der Waals surface area contributed by atoms with Crippen LogP contribution >= 0.6 is 0 Å². The lowest BCUT2D eigenvalue weighted by atomic mass is 9.94. The molecule has 3 N–H and O–H groups in total. The molecular formula is C24H25N5O. The first-order valence-corrected chi connectivity index (χ1v) is 10.4. The van der Waals surface area contributed by atoms with Gasteiger partial charge in [0.25, 0.3) is 0 Å². The van der Waals surface area contributed by atoms with E-state index in [0.717, 1.165) is 53.9 Å². The quantitative estimate of drug-likeness (QED) is 0.530. The van der Waals surface area contributed by atoms with Gasteiger partial charge in [0.1, 0.15) is 24.2 Å². The average Bonchev–Trinajstić information content (AvgIpc) is 3.20. The number of anilines is 1. The zero-order valence-electron chi connectivity index (χ0n) is 16.8. The first kappa shape index (κ1) is 18.6. The number of benzene rings is 2. The maximum absolute atomic E-state index is 6.29. The van der Waals surface area contributed by atoms with Crippen molar-refractivity contribution in [2.75, 3.05) is 18.8 Å². The number of hydrogen-bond donors (Lipinski definition) is 2. The number of ether oxygens (including phenoxy) is 1. The number of nitrogens with one attached hydrogen (secondary N) is 1. The summed E-state index contributed by atoms with van der Waals surface area (Å²) in [4.78, 5) is 4.25. The number of nitrogens with zero attached hydrogens (tertiary/aromatic N) is 3. The van der Waals surface area contributed by atoms with Crippen LogP contribution in [0.4, 0.5) is 5.82 Å². The van der Waals surface area contributed by atoms with Gasteiger partial charge in [-0.1, -0.05) is 42.5 Å². The van der Waals surface area contributed by atoms with Crippen LogP contribution in [0.1, 0.15) is 30.0 Å². The first-order chi connectivity index (χ1) is 14.8. The predicted molar refractivity (Wildman–Crippen MR) is 118 cm³/mol. The van der Waals surface area contributed by atoms with Crippen LogP contribution in [0.3, 0.4) is 0 Å². The van der Waals surface area contributed by atoms with Crippen LogP contribution in [-0.2, 0) is 6.61 Å². The molecule has 0 atom stereocenters. The fraction of sp³-hybridized carbons (Fsp3) is 0.250. The lowest BCUT2D eigenvalue weighted by Gasteiger charge is -2.22. The molecule has 0 bridgehead atoms. The zero-order chi connectivity index (χ0) is 20.3. The molecule has 0 radical (unpaired) electrons. The van der Waals surface area contributed by atoms with E-state index >= 15 is 0 Å². The molecule has 0 saturated carbocycles. The second-order valence-corrected chi connectivity index (χ2v) is 7.71. The minimum atomic E-state index is 0.458. The van der Waals surface area contributed by atoms with Gasteiger partial charge in [0, 0.05) is 17.2 Å². The Morgan fingerprint density at radius 1 is 1.03 bits per heavy atom. The normalized spacial score (nSPS) is 14.8. The molecule has 1 saturated heterocycles. The number of nitrogen functional groups attached to an aromatic ring is 1. The third kappa shape index (κ3) is 3.62. The van der Waals surface area contributed by atoms with Crippen LogP contribution in [0.2, 0.25) is 0 Å². The van der Waals surface area contributed by atoms with Crippen molar-refractivity contribution in [1.82, 2.24) is 19.9 Å². The number of aromatic nitrogens is 3. The van der Waals surface area contributed by atoms with Gasteiger partial charge in [-0.05, 0) is 55.3 Å². The summed E-state index contributed by atoms with van der Waals surface area (Å²) in [6.45, 7) is 2.58. The number of piperidine rings is 1. The molecule has 1 aliphatic rings. The molecule has 6 nitrogen and oxygen atoms in total. The molecule has 0 aliphatic carbocycles. The topological polar surface area (TPSA) is 77.5 Å². The molecule has 4 aromatic rings. The summed E-state index contributed by atoms with van der Waals surface area (Å²) < 4.78 is 8.02. The molecule has 2 aromatic carbocycles. The molecule has 30 heavy (non-hydrogen) atoms. The standard InChI is InChI=1S/C24H25N5O/c25-24-23-21(14-22(29(23)28-16-27-24)18-9-11-26-12-10-18)19-7-4-8-20(13-19)30-15-17-5-2-1-3-6-17/h1-8,13-14,16,18,26H,9-12,15H2,(H2,25,27,28). The Morgan fingerprint density at radius 2 is 1.87 bits per heavy atom. The number of fused-ring (bicyclic) bond motifs is 1.